The first-order valence-electron chi connectivity index (χ1n) is 6.93. The summed E-state index contributed by atoms with van der Waals surface area (Å²) < 4.78 is 5.42. The van der Waals surface area contributed by atoms with Crippen LogP contribution in [0.5, 0.6) is 0 Å². The Balaban J connectivity index is 2.04. The molecule has 0 aliphatic carbocycles. The minimum atomic E-state index is 0.647. The van der Waals surface area contributed by atoms with Gasteiger partial charge in [0.15, 0.2) is 0 Å². The molecule has 0 amide bonds. The molecule has 0 fully saturated rings. The average Bonchev–Trinajstić information content (AvgIpc) is 3.14. The third-order valence-corrected chi connectivity index (χ3v) is 4.50. The number of aromatic nitrogens is 2. The molecular formula is C15H18N4OS. The predicted molar refractivity (Wildman–Crippen MR) is 87.2 cm³/mol. The van der Waals surface area contributed by atoms with Crippen LogP contribution in [0.3, 0.4) is 0 Å². The molecule has 6 heteroatoms. The number of aryl methyl sites for hydroxylation is 1. The Hall–Kier alpha value is -2.08. The van der Waals surface area contributed by atoms with E-state index in [4.69, 9.17) is 4.42 Å². The number of hydrogen-bond donors (Lipinski definition) is 1. The maximum absolute atomic E-state index is 5.42. The van der Waals surface area contributed by atoms with E-state index in [1.165, 1.54) is 4.88 Å². The van der Waals surface area contributed by atoms with Gasteiger partial charge in [0.25, 0.3) is 0 Å². The van der Waals surface area contributed by atoms with Gasteiger partial charge in [-0.3, -0.25) is 0 Å². The van der Waals surface area contributed by atoms with Gasteiger partial charge in [0.2, 0.25) is 5.95 Å². The summed E-state index contributed by atoms with van der Waals surface area (Å²) in [6.45, 7) is 2.84. The molecule has 3 aromatic rings. The minimum Gasteiger partial charge on any atom is -0.467 e. The van der Waals surface area contributed by atoms with Crippen LogP contribution in [-0.4, -0.2) is 24.1 Å². The molecule has 0 bridgehead atoms. The highest BCUT2D eigenvalue weighted by atomic mass is 32.1. The fourth-order valence-electron chi connectivity index (χ4n) is 2.24. The summed E-state index contributed by atoms with van der Waals surface area (Å²) in [6, 6.07) is 6.06. The van der Waals surface area contributed by atoms with Gasteiger partial charge >= 0.3 is 0 Å². The van der Waals surface area contributed by atoms with E-state index in [0.29, 0.717) is 12.5 Å². The van der Waals surface area contributed by atoms with E-state index in [1.807, 2.05) is 26.2 Å². The second-order valence-electron chi connectivity index (χ2n) is 4.84. The van der Waals surface area contributed by atoms with Gasteiger partial charge < -0.3 is 14.6 Å². The van der Waals surface area contributed by atoms with Crippen molar-refractivity contribution in [3.63, 3.8) is 0 Å². The van der Waals surface area contributed by atoms with Crippen LogP contribution in [0.1, 0.15) is 17.6 Å². The van der Waals surface area contributed by atoms with Crippen molar-refractivity contribution in [3.8, 4) is 0 Å². The molecule has 0 saturated heterocycles. The summed E-state index contributed by atoms with van der Waals surface area (Å²) >= 11 is 1.73. The Bertz CT molecular complexity index is 736. The molecule has 0 aromatic carbocycles. The second kappa shape index (κ2) is 5.73. The smallest absolute Gasteiger partial charge is 0.225 e. The molecule has 3 heterocycles. The Morgan fingerprint density at radius 2 is 2.24 bits per heavy atom. The Morgan fingerprint density at radius 1 is 1.38 bits per heavy atom. The number of nitrogens with zero attached hydrogens (tertiary/aromatic N) is 3. The highest BCUT2D eigenvalue weighted by Crippen LogP contribution is 2.32. The maximum atomic E-state index is 5.42. The van der Waals surface area contributed by atoms with E-state index < -0.39 is 0 Å². The van der Waals surface area contributed by atoms with Gasteiger partial charge in [-0.25, -0.2) is 4.98 Å². The maximum Gasteiger partial charge on any atom is 0.225 e. The zero-order valence-corrected chi connectivity index (χ0v) is 13.2. The minimum absolute atomic E-state index is 0.647. The van der Waals surface area contributed by atoms with Crippen LogP contribution in [0.2, 0.25) is 0 Å². The van der Waals surface area contributed by atoms with Gasteiger partial charge in [0, 0.05) is 19.0 Å². The van der Waals surface area contributed by atoms with Crippen molar-refractivity contribution in [2.45, 2.75) is 19.9 Å². The number of hydrogen-bond acceptors (Lipinski definition) is 6. The molecule has 0 radical (unpaired) electrons. The van der Waals surface area contributed by atoms with E-state index in [-0.39, 0.29) is 0 Å². The van der Waals surface area contributed by atoms with Crippen LogP contribution in [0, 0.1) is 0 Å². The SMILES string of the molecule is CCc1cc2c(N(C)Cc3ccco3)nc(NC)nc2s1. The summed E-state index contributed by atoms with van der Waals surface area (Å²) in [5.74, 6) is 2.49. The van der Waals surface area contributed by atoms with E-state index in [1.54, 1.807) is 17.6 Å². The van der Waals surface area contributed by atoms with Crippen molar-refractivity contribution in [3.05, 3.63) is 35.1 Å². The molecule has 3 aromatic heterocycles. The van der Waals surface area contributed by atoms with Crippen LogP contribution in [0.25, 0.3) is 10.2 Å². The zero-order chi connectivity index (χ0) is 14.8. The normalized spacial score (nSPS) is 11.0. The molecule has 0 unspecified atom stereocenters. The first kappa shape index (κ1) is 13.9. The lowest BCUT2D eigenvalue weighted by molar-refractivity contribution is 0.507. The van der Waals surface area contributed by atoms with E-state index in [2.05, 4.69) is 33.2 Å². The molecule has 21 heavy (non-hydrogen) atoms. The van der Waals surface area contributed by atoms with Crippen LogP contribution in [0.4, 0.5) is 11.8 Å². The van der Waals surface area contributed by atoms with Crippen LogP contribution in [0.15, 0.2) is 28.9 Å². The average molecular weight is 302 g/mol. The number of nitrogens with one attached hydrogen (secondary N) is 1. The molecule has 110 valence electrons. The van der Waals surface area contributed by atoms with Crippen molar-refractivity contribution >= 4 is 33.3 Å². The predicted octanol–water partition coefficient (Wildman–Crippen LogP) is 3.52. The fourth-order valence-corrected chi connectivity index (χ4v) is 3.21. The molecule has 0 aliphatic heterocycles. The van der Waals surface area contributed by atoms with Gasteiger partial charge in [-0.1, -0.05) is 6.92 Å². The number of thiophene rings is 1. The molecular weight excluding hydrogens is 284 g/mol. The largest absolute Gasteiger partial charge is 0.467 e. The topological polar surface area (TPSA) is 54.2 Å². The Kier molecular flexibility index (Phi) is 3.79. The molecule has 0 spiro atoms. The standard InChI is InChI=1S/C15H18N4OS/c1-4-11-8-12-13(17-15(16-2)18-14(12)21-11)19(3)9-10-6-5-7-20-10/h5-8H,4,9H2,1-3H3,(H,16,17,18). The Morgan fingerprint density at radius 3 is 2.90 bits per heavy atom. The first-order chi connectivity index (χ1) is 10.2. The third-order valence-electron chi connectivity index (χ3n) is 3.33. The van der Waals surface area contributed by atoms with Crippen molar-refractivity contribution in [1.82, 2.24) is 9.97 Å². The Labute approximate surface area is 127 Å². The van der Waals surface area contributed by atoms with E-state index >= 15 is 0 Å². The quantitative estimate of drug-likeness (QED) is 0.781. The lowest BCUT2D eigenvalue weighted by Gasteiger charge is -2.18. The lowest BCUT2D eigenvalue weighted by atomic mass is 10.3. The van der Waals surface area contributed by atoms with E-state index in [0.717, 1.165) is 28.2 Å². The zero-order valence-electron chi connectivity index (χ0n) is 12.4. The highest BCUT2D eigenvalue weighted by molar-refractivity contribution is 7.18. The monoisotopic (exact) mass is 302 g/mol. The number of fused-ring (bicyclic) bond motifs is 1. The summed E-state index contributed by atoms with van der Waals surface area (Å²) in [5.41, 5.74) is 0. The van der Waals surface area contributed by atoms with Crippen LogP contribution >= 0.6 is 11.3 Å². The summed E-state index contributed by atoms with van der Waals surface area (Å²) in [6.07, 6.45) is 2.70. The number of anilines is 2. The highest BCUT2D eigenvalue weighted by Gasteiger charge is 2.15. The van der Waals surface area contributed by atoms with Crippen molar-refractivity contribution in [2.75, 3.05) is 24.3 Å². The third kappa shape index (κ3) is 2.71. The summed E-state index contributed by atoms with van der Waals surface area (Å²) in [5, 5.41) is 4.14. The van der Waals surface area contributed by atoms with Gasteiger partial charge in [0.1, 0.15) is 16.4 Å². The molecule has 3 rings (SSSR count). The molecule has 0 aliphatic rings. The summed E-state index contributed by atoms with van der Waals surface area (Å²) in [4.78, 5) is 13.6. The molecule has 0 saturated carbocycles. The van der Waals surface area contributed by atoms with Crippen LogP contribution < -0.4 is 10.2 Å². The molecule has 0 atom stereocenters. The second-order valence-corrected chi connectivity index (χ2v) is 5.96. The van der Waals surface area contributed by atoms with Gasteiger partial charge in [0.05, 0.1) is 18.2 Å². The first-order valence-corrected chi connectivity index (χ1v) is 7.74. The molecule has 1 N–H and O–H groups in total. The van der Waals surface area contributed by atoms with Crippen molar-refractivity contribution in [1.29, 1.82) is 0 Å². The van der Waals surface area contributed by atoms with Gasteiger partial charge in [-0.15, -0.1) is 11.3 Å². The van der Waals surface area contributed by atoms with Crippen molar-refractivity contribution in [2.24, 2.45) is 0 Å². The van der Waals surface area contributed by atoms with Gasteiger partial charge in [-0.2, -0.15) is 4.98 Å². The lowest BCUT2D eigenvalue weighted by Crippen LogP contribution is -2.18. The van der Waals surface area contributed by atoms with Crippen LogP contribution in [-0.2, 0) is 13.0 Å². The molecule has 5 nitrogen and oxygen atoms in total. The summed E-state index contributed by atoms with van der Waals surface area (Å²) in [7, 11) is 3.86. The fraction of sp³-hybridized carbons (Fsp3) is 0.333. The number of furan rings is 1. The van der Waals surface area contributed by atoms with Crippen molar-refractivity contribution < 1.29 is 4.42 Å². The number of rotatable bonds is 5. The van der Waals surface area contributed by atoms with Gasteiger partial charge in [-0.05, 0) is 24.6 Å². The van der Waals surface area contributed by atoms with E-state index in [9.17, 15) is 0 Å².